The first kappa shape index (κ1) is 30.6. The number of hydrogen-bond acceptors (Lipinski definition) is 3. The van der Waals surface area contributed by atoms with Crippen molar-refractivity contribution in [3.8, 4) is 0 Å². The summed E-state index contributed by atoms with van der Waals surface area (Å²) >= 11 is 0. The van der Waals surface area contributed by atoms with Crippen LogP contribution < -0.4 is 0 Å². The summed E-state index contributed by atoms with van der Waals surface area (Å²) in [6.07, 6.45) is 19.8. The zero-order chi connectivity index (χ0) is 24.1. The molecule has 32 heavy (non-hydrogen) atoms. The van der Waals surface area contributed by atoms with Crippen molar-refractivity contribution in [2.45, 2.75) is 104 Å². The highest BCUT2D eigenvalue weighted by Crippen LogP contribution is 2.13. The summed E-state index contributed by atoms with van der Waals surface area (Å²) in [6, 6.07) is 0. The fourth-order valence-corrected chi connectivity index (χ4v) is 3.90. The van der Waals surface area contributed by atoms with Crippen molar-refractivity contribution in [2.75, 3.05) is 46.9 Å². The maximum atomic E-state index is 12.2. The van der Waals surface area contributed by atoms with Gasteiger partial charge in [-0.15, -0.1) is 0 Å². The number of quaternary nitrogens is 1. The van der Waals surface area contributed by atoms with Crippen LogP contribution in [0.15, 0.2) is 12.7 Å². The summed E-state index contributed by atoms with van der Waals surface area (Å²) in [5, 5.41) is 0. The van der Waals surface area contributed by atoms with Gasteiger partial charge in [0.1, 0.15) is 0 Å². The molecular formula is C27H53N2O3+. The number of rotatable bonds is 22. The molecule has 0 saturated heterocycles. The smallest absolute Gasteiger partial charge is 0.361 e. The first-order valence-corrected chi connectivity index (χ1v) is 13.2. The fraction of sp³-hybridized carbons (Fsp3) is 0.852. The maximum absolute atomic E-state index is 12.2. The van der Waals surface area contributed by atoms with E-state index in [1.165, 1.54) is 83.1 Å². The van der Waals surface area contributed by atoms with Gasteiger partial charge in [-0.3, -0.25) is 4.79 Å². The van der Waals surface area contributed by atoms with Crippen LogP contribution in [0.2, 0.25) is 0 Å². The van der Waals surface area contributed by atoms with E-state index in [9.17, 15) is 9.59 Å². The van der Waals surface area contributed by atoms with Crippen LogP contribution in [-0.4, -0.2) is 68.1 Å². The molecule has 0 unspecified atom stereocenters. The summed E-state index contributed by atoms with van der Waals surface area (Å²) in [5.74, 6) is -0.212. The third-order valence-corrected chi connectivity index (χ3v) is 6.16. The average Bonchev–Trinajstić information content (AvgIpc) is 2.76. The highest BCUT2D eigenvalue weighted by Gasteiger charge is 2.22. The van der Waals surface area contributed by atoms with Crippen LogP contribution in [0.4, 0.5) is 0 Å². The molecular weight excluding hydrogens is 400 g/mol. The van der Waals surface area contributed by atoms with Gasteiger partial charge in [-0.25, -0.2) is 4.79 Å². The number of hydrogen-bond donors (Lipinski definition) is 0. The van der Waals surface area contributed by atoms with E-state index >= 15 is 0 Å². The molecule has 0 spiro atoms. The average molecular weight is 454 g/mol. The van der Waals surface area contributed by atoms with E-state index in [0.717, 1.165) is 12.8 Å². The van der Waals surface area contributed by atoms with Gasteiger partial charge in [-0.2, -0.15) is 0 Å². The second-order valence-corrected chi connectivity index (χ2v) is 9.76. The summed E-state index contributed by atoms with van der Waals surface area (Å²) in [5.41, 5.74) is 0. The van der Waals surface area contributed by atoms with Gasteiger partial charge in [-0.05, 0) is 19.4 Å². The molecule has 188 valence electrons. The number of unbranched alkanes of at least 4 members (excludes halogenated alkanes) is 13. The maximum Gasteiger partial charge on any atom is 0.361 e. The Hall–Kier alpha value is -1.36. The molecule has 5 nitrogen and oxygen atoms in total. The Morgan fingerprint density at radius 1 is 0.812 bits per heavy atom. The first-order chi connectivity index (χ1) is 15.4. The Balaban J connectivity index is 3.60. The second kappa shape index (κ2) is 20.3. The minimum atomic E-state index is -0.150. The number of amides is 1. The first-order valence-electron chi connectivity index (χ1n) is 13.2. The quantitative estimate of drug-likeness (QED) is 0.0858. The van der Waals surface area contributed by atoms with Crippen molar-refractivity contribution in [3.05, 3.63) is 12.7 Å². The van der Waals surface area contributed by atoms with Crippen LogP contribution >= 0.6 is 0 Å². The van der Waals surface area contributed by atoms with Gasteiger partial charge in [0.15, 0.2) is 6.54 Å². The van der Waals surface area contributed by atoms with Crippen LogP contribution in [0.3, 0.4) is 0 Å². The molecule has 0 saturated carbocycles. The Labute approximate surface area is 199 Å². The lowest BCUT2D eigenvalue weighted by Gasteiger charge is -2.31. The SMILES string of the molecule is C=CC(=O)N(CC)CC[N+](C)(C)CC(=O)OCCCCCCCCCCCCCCCC. The minimum Gasteiger partial charge on any atom is -0.462 e. The van der Waals surface area contributed by atoms with Gasteiger partial charge in [-0.1, -0.05) is 97.0 Å². The van der Waals surface area contributed by atoms with Gasteiger partial charge in [0.2, 0.25) is 5.91 Å². The Bertz CT molecular complexity index is 491. The molecule has 0 radical (unpaired) electrons. The zero-order valence-corrected chi connectivity index (χ0v) is 21.8. The molecule has 0 aromatic carbocycles. The molecule has 0 aliphatic heterocycles. The van der Waals surface area contributed by atoms with Gasteiger partial charge in [0, 0.05) is 6.54 Å². The van der Waals surface area contributed by atoms with Crippen molar-refractivity contribution >= 4 is 11.9 Å². The summed E-state index contributed by atoms with van der Waals surface area (Å²) < 4.78 is 5.95. The molecule has 0 fully saturated rings. The zero-order valence-electron chi connectivity index (χ0n) is 21.8. The molecule has 0 aliphatic carbocycles. The molecule has 0 aliphatic rings. The number of carbonyl (C=O) groups excluding carboxylic acids is 2. The highest BCUT2D eigenvalue weighted by molar-refractivity contribution is 5.86. The van der Waals surface area contributed by atoms with E-state index in [1.54, 1.807) is 4.90 Å². The van der Waals surface area contributed by atoms with Gasteiger partial charge < -0.3 is 14.1 Å². The summed E-state index contributed by atoms with van der Waals surface area (Å²) in [7, 11) is 4.00. The monoisotopic (exact) mass is 453 g/mol. The van der Waals surface area contributed by atoms with Gasteiger partial charge in [0.05, 0.1) is 33.8 Å². The number of nitrogens with zero attached hydrogens (tertiary/aromatic N) is 2. The lowest BCUT2D eigenvalue weighted by atomic mass is 10.0. The van der Waals surface area contributed by atoms with Crippen molar-refractivity contribution in [1.29, 1.82) is 0 Å². The van der Waals surface area contributed by atoms with Gasteiger partial charge in [0.25, 0.3) is 0 Å². The van der Waals surface area contributed by atoms with Crippen LogP contribution in [-0.2, 0) is 14.3 Å². The molecule has 0 aromatic heterocycles. The van der Waals surface area contributed by atoms with E-state index < -0.39 is 0 Å². The van der Waals surface area contributed by atoms with Crippen molar-refractivity contribution in [1.82, 2.24) is 4.90 Å². The fourth-order valence-electron chi connectivity index (χ4n) is 3.90. The standard InChI is InChI=1S/C27H53N2O3/c1-6-9-10-11-12-13-14-15-16-17-18-19-20-21-24-32-27(31)25-29(4,5)23-22-28(8-3)26(30)7-2/h7H,2,6,8-25H2,1,3-5H3/q+1. The van der Waals surface area contributed by atoms with E-state index in [2.05, 4.69) is 13.5 Å². The molecule has 0 rings (SSSR count). The molecule has 5 heteroatoms. The molecule has 0 N–H and O–H groups in total. The van der Waals surface area contributed by atoms with Crippen LogP contribution in [0, 0.1) is 0 Å². The minimum absolute atomic E-state index is 0.0621. The topological polar surface area (TPSA) is 46.6 Å². The summed E-state index contributed by atoms with van der Waals surface area (Å²) in [6.45, 7) is 10.6. The second-order valence-electron chi connectivity index (χ2n) is 9.76. The third-order valence-electron chi connectivity index (χ3n) is 6.16. The lowest BCUT2D eigenvalue weighted by Crippen LogP contribution is -2.49. The van der Waals surface area contributed by atoms with Crippen molar-refractivity contribution in [2.24, 2.45) is 0 Å². The highest BCUT2D eigenvalue weighted by atomic mass is 16.5. The Kier molecular flexibility index (Phi) is 19.4. The predicted molar refractivity (Wildman–Crippen MR) is 136 cm³/mol. The largest absolute Gasteiger partial charge is 0.462 e. The number of carbonyl (C=O) groups is 2. The van der Waals surface area contributed by atoms with E-state index in [-0.39, 0.29) is 11.9 Å². The Morgan fingerprint density at radius 2 is 1.28 bits per heavy atom. The Morgan fingerprint density at radius 3 is 1.72 bits per heavy atom. The van der Waals surface area contributed by atoms with Gasteiger partial charge >= 0.3 is 5.97 Å². The van der Waals surface area contributed by atoms with Crippen molar-refractivity contribution in [3.63, 3.8) is 0 Å². The number of esters is 1. The molecule has 0 heterocycles. The normalized spacial score (nSPS) is 11.4. The van der Waals surface area contributed by atoms with Crippen molar-refractivity contribution < 1.29 is 18.8 Å². The molecule has 0 aromatic rings. The van der Waals surface area contributed by atoms with E-state index in [4.69, 9.17) is 4.74 Å². The lowest BCUT2D eigenvalue weighted by molar-refractivity contribution is -0.882. The number of ether oxygens (including phenoxy) is 1. The summed E-state index contributed by atoms with van der Waals surface area (Å²) in [4.78, 5) is 25.7. The molecule has 1 amide bonds. The van der Waals surface area contributed by atoms with E-state index in [1.807, 2.05) is 21.0 Å². The predicted octanol–water partition coefficient (Wildman–Crippen LogP) is 6.12. The van der Waals surface area contributed by atoms with Crippen LogP contribution in [0.1, 0.15) is 104 Å². The van der Waals surface area contributed by atoms with Crippen LogP contribution in [0.5, 0.6) is 0 Å². The van der Waals surface area contributed by atoms with E-state index in [0.29, 0.717) is 37.3 Å². The van der Waals surface area contributed by atoms with Crippen LogP contribution in [0.25, 0.3) is 0 Å². The molecule has 0 bridgehead atoms. The number of likely N-dealkylation sites (N-methyl/N-ethyl adjacent to an activating group) is 2. The third kappa shape index (κ3) is 18.2. The molecule has 0 atom stereocenters.